The van der Waals surface area contributed by atoms with Crippen molar-refractivity contribution >= 4 is 38.4 Å². The Bertz CT molecular complexity index is 834. The maximum Gasteiger partial charge on any atom is 0.232 e. The summed E-state index contributed by atoms with van der Waals surface area (Å²) in [6, 6.07) is 5.67. The monoisotopic (exact) mass is 381 g/mol. The number of sulfone groups is 1. The Morgan fingerprint density at radius 3 is 2.64 bits per heavy atom. The van der Waals surface area contributed by atoms with E-state index >= 15 is 0 Å². The van der Waals surface area contributed by atoms with E-state index in [2.05, 4.69) is 11.1 Å². The minimum atomic E-state index is -3.07. The van der Waals surface area contributed by atoms with Crippen LogP contribution in [0.3, 0.4) is 0 Å². The second-order valence-corrected chi connectivity index (χ2v) is 9.93. The van der Waals surface area contributed by atoms with E-state index < -0.39 is 9.84 Å². The number of thioether (sulfide) groups is 1. The highest BCUT2D eigenvalue weighted by atomic mass is 32.2. The van der Waals surface area contributed by atoms with Crippen molar-refractivity contribution in [3.63, 3.8) is 0 Å². The van der Waals surface area contributed by atoms with E-state index in [4.69, 9.17) is 0 Å². The van der Waals surface area contributed by atoms with E-state index in [1.165, 1.54) is 17.3 Å². The predicted molar refractivity (Wildman–Crippen MR) is 103 cm³/mol. The number of hydrogen-bond acceptors (Lipinski definition) is 6. The Morgan fingerprint density at radius 1 is 1.28 bits per heavy atom. The Labute approximate surface area is 153 Å². The first kappa shape index (κ1) is 18.3. The zero-order valence-electron chi connectivity index (χ0n) is 14.9. The molecule has 1 fully saturated rings. The van der Waals surface area contributed by atoms with Gasteiger partial charge in [0.1, 0.15) is 0 Å². The van der Waals surface area contributed by atoms with Crippen LogP contribution in [-0.2, 0) is 14.6 Å². The molecule has 0 bridgehead atoms. The SMILES string of the molecule is Cc1ccc(N2C(SCC(=O)N(C)C)=N[C@@H]3CS(=O)(=O)C[C@H]32)cc1C. The molecule has 0 aliphatic carbocycles. The molecule has 6 nitrogen and oxygen atoms in total. The normalized spacial score (nSPS) is 24.2. The third kappa shape index (κ3) is 3.69. The van der Waals surface area contributed by atoms with E-state index in [0.29, 0.717) is 5.75 Å². The average Bonchev–Trinajstić information content (AvgIpc) is 2.98. The number of carbonyl (C=O) groups is 1. The van der Waals surface area contributed by atoms with Gasteiger partial charge in [0, 0.05) is 19.8 Å². The van der Waals surface area contributed by atoms with Crippen molar-refractivity contribution in [2.24, 2.45) is 4.99 Å². The van der Waals surface area contributed by atoms with Crippen molar-refractivity contribution < 1.29 is 13.2 Å². The van der Waals surface area contributed by atoms with Crippen LogP contribution in [-0.4, -0.2) is 67.8 Å². The molecule has 3 rings (SSSR count). The van der Waals surface area contributed by atoms with Crippen molar-refractivity contribution in [1.29, 1.82) is 0 Å². The summed E-state index contributed by atoms with van der Waals surface area (Å²) in [6.45, 7) is 4.09. The van der Waals surface area contributed by atoms with Gasteiger partial charge in [-0.2, -0.15) is 0 Å². The second kappa shape index (κ2) is 6.64. The third-order valence-corrected chi connectivity index (χ3v) is 7.35. The van der Waals surface area contributed by atoms with Crippen LogP contribution in [0.2, 0.25) is 0 Å². The number of rotatable bonds is 3. The maximum absolute atomic E-state index is 12.0. The number of hydrogen-bond donors (Lipinski definition) is 0. The number of anilines is 1. The van der Waals surface area contributed by atoms with Gasteiger partial charge in [0.2, 0.25) is 5.91 Å². The molecule has 2 atom stereocenters. The maximum atomic E-state index is 12.0. The lowest BCUT2D eigenvalue weighted by Crippen LogP contribution is -2.39. The van der Waals surface area contributed by atoms with Crippen LogP contribution in [0.4, 0.5) is 5.69 Å². The van der Waals surface area contributed by atoms with Crippen LogP contribution in [0.1, 0.15) is 11.1 Å². The minimum Gasteiger partial charge on any atom is -0.348 e. The van der Waals surface area contributed by atoms with Gasteiger partial charge in [-0.3, -0.25) is 9.79 Å². The zero-order valence-corrected chi connectivity index (χ0v) is 16.5. The van der Waals surface area contributed by atoms with Crippen LogP contribution < -0.4 is 4.90 Å². The van der Waals surface area contributed by atoms with Crippen LogP contribution in [0.25, 0.3) is 0 Å². The third-order valence-electron chi connectivity index (χ3n) is 4.70. The van der Waals surface area contributed by atoms with E-state index in [0.717, 1.165) is 16.4 Å². The Kier molecular flexibility index (Phi) is 4.85. The highest BCUT2D eigenvalue weighted by Crippen LogP contribution is 2.35. The first-order valence-corrected chi connectivity index (χ1v) is 11.0. The molecule has 2 aliphatic heterocycles. The van der Waals surface area contributed by atoms with Gasteiger partial charge in [-0.15, -0.1) is 0 Å². The van der Waals surface area contributed by atoms with Gasteiger partial charge in [0.05, 0.1) is 29.3 Å². The molecule has 1 saturated heterocycles. The standard InChI is InChI=1S/C17H23N3O3S2/c1-11-5-6-13(7-12(11)2)20-15-10-25(22,23)9-14(15)18-17(20)24-8-16(21)19(3)4/h5-7,14-15H,8-10H2,1-4H3/t14-,15-/m1/s1. The largest absolute Gasteiger partial charge is 0.348 e. The van der Waals surface area contributed by atoms with Crippen LogP contribution in [0, 0.1) is 13.8 Å². The van der Waals surface area contributed by atoms with Gasteiger partial charge in [0.15, 0.2) is 15.0 Å². The Balaban J connectivity index is 1.91. The summed E-state index contributed by atoms with van der Waals surface area (Å²) in [7, 11) is 0.382. The molecule has 1 amide bonds. The first-order chi connectivity index (χ1) is 11.7. The molecule has 25 heavy (non-hydrogen) atoms. The number of benzene rings is 1. The zero-order chi connectivity index (χ0) is 18.4. The topological polar surface area (TPSA) is 70.1 Å². The molecule has 2 aliphatic rings. The number of aliphatic imine (C=N–C) groups is 1. The molecular formula is C17H23N3O3S2. The van der Waals surface area contributed by atoms with Crippen LogP contribution >= 0.6 is 11.8 Å². The van der Waals surface area contributed by atoms with Gasteiger partial charge in [0.25, 0.3) is 0 Å². The highest BCUT2D eigenvalue weighted by molar-refractivity contribution is 8.14. The summed E-state index contributed by atoms with van der Waals surface area (Å²) in [4.78, 5) is 20.1. The van der Waals surface area contributed by atoms with Crippen molar-refractivity contribution in [2.45, 2.75) is 25.9 Å². The first-order valence-electron chi connectivity index (χ1n) is 8.15. The number of fused-ring (bicyclic) bond motifs is 1. The highest BCUT2D eigenvalue weighted by Gasteiger charge is 2.47. The van der Waals surface area contributed by atoms with Crippen molar-refractivity contribution in [1.82, 2.24) is 4.90 Å². The lowest BCUT2D eigenvalue weighted by Gasteiger charge is -2.27. The van der Waals surface area contributed by atoms with E-state index in [1.807, 2.05) is 30.9 Å². The van der Waals surface area contributed by atoms with Gasteiger partial charge in [-0.05, 0) is 37.1 Å². The van der Waals surface area contributed by atoms with Gasteiger partial charge < -0.3 is 9.80 Å². The molecule has 0 radical (unpaired) electrons. The molecule has 8 heteroatoms. The molecule has 1 aromatic carbocycles. The number of nitrogens with zero attached hydrogens (tertiary/aromatic N) is 3. The minimum absolute atomic E-state index is 0.0115. The Morgan fingerprint density at radius 2 is 2.00 bits per heavy atom. The smallest absolute Gasteiger partial charge is 0.232 e. The summed E-state index contributed by atoms with van der Waals surface area (Å²) in [5.74, 6) is 0.501. The molecule has 0 unspecified atom stereocenters. The van der Waals surface area contributed by atoms with Crippen molar-refractivity contribution in [3.8, 4) is 0 Å². The number of amides is 1. The van der Waals surface area contributed by atoms with E-state index in [9.17, 15) is 13.2 Å². The van der Waals surface area contributed by atoms with Crippen molar-refractivity contribution in [3.05, 3.63) is 29.3 Å². The fourth-order valence-corrected chi connectivity index (χ4v) is 6.01. The lowest BCUT2D eigenvalue weighted by atomic mass is 10.1. The second-order valence-electron chi connectivity index (χ2n) is 6.84. The number of aryl methyl sites for hydroxylation is 2. The van der Waals surface area contributed by atoms with Gasteiger partial charge in [-0.1, -0.05) is 17.8 Å². The van der Waals surface area contributed by atoms with Gasteiger partial charge in [-0.25, -0.2) is 8.42 Å². The van der Waals surface area contributed by atoms with Crippen molar-refractivity contribution in [2.75, 3.05) is 36.3 Å². The molecule has 0 saturated carbocycles. The number of amidine groups is 1. The quantitative estimate of drug-likeness (QED) is 0.793. The van der Waals surface area contributed by atoms with Gasteiger partial charge >= 0.3 is 0 Å². The molecule has 1 aromatic rings. The molecule has 136 valence electrons. The summed E-state index contributed by atoms with van der Waals surface area (Å²) >= 11 is 1.38. The summed E-state index contributed by atoms with van der Waals surface area (Å²) in [5.41, 5.74) is 3.28. The molecule has 0 aromatic heterocycles. The molecule has 0 N–H and O–H groups in total. The van der Waals surface area contributed by atoms with E-state index in [1.54, 1.807) is 19.0 Å². The van der Waals surface area contributed by atoms with E-state index in [-0.39, 0.29) is 29.5 Å². The Hall–Kier alpha value is -1.54. The molecular weight excluding hydrogens is 358 g/mol. The predicted octanol–water partition coefficient (Wildman–Crippen LogP) is 1.47. The lowest BCUT2D eigenvalue weighted by molar-refractivity contribution is -0.125. The average molecular weight is 382 g/mol. The molecule has 0 spiro atoms. The number of carbonyl (C=O) groups excluding carboxylic acids is 1. The molecule has 2 heterocycles. The summed E-state index contributed by atoms with van der Waals surface area (Å²) in [6.07, 6.45) is 0. The van der Waals surface area contributed by atoms with Crippen LogP contribution in [0.5, 0.6) is 0 Å². The summed E-state index contributed by atoms with van der Waals surface area (Å²) < 4.78 is 24.1. The fraction of sp³-hybridized carbons (Fsp3) is 0.529. The fourth-order valence-electron chi connectivity index (χ4n) is 3.07. The summed E-state index contributed by atoms with van der Waals surface area (Å²) in [5, 5.41) is 0.739. The van der Waals surface area contributed by atoms with Crippen LogP contribution in [0.15, 0.2) is 23.2 Å².